The second-order valence-electron chi connectivity index (χ2n) is 6.79. The summed E-state index contributed by atoms with van der Waals surface area (Å²) < 4.78 is 0. The van der Waals surface area contributed by atoms with E-state index in [9.17, 15) is 4.79 Å². The maximum absolute atomic E-state index is 12.4. The number of carbonyl (C=O) groups excluding carboxylic acids is 1. The lowest BCUT2D eigenvalue weighted by atomic mass is 10.2. The molecule has 2 aromatic rings. The molecule has 0 aliphatic carbocycles. The lowest BCUT2D eigenvalue weighted by Gasteiger charge is -2.18. The second kappa shape index (κ2) is 7.13. The number of rotatable bonds is 4. The van der Waals surface area contributed by atoms with Crippen molar-refractivity contribution in [3.63, 3.8) is 0 Å². The number of hydrogen-bond donors (Lipinski definition) is 1. The highest BCUT2D eigenvalue weighted by atomic mass is 16.1. The molecular weight excluding hydrogens is 312 g/mol. The zero-order valence-corrected chi connectivity index (χ0v) is 14.4. The van der Waals surface area contributed by atoms with Crippen molar-refractivity contribution in [2.45, 2.75) is 25.7 Å². The summed E-state index contributed by atoms with van der Waals surface area (Å²) in [6.45, 7) is 4.41. The summed E-state index contributed by atoms with van der Waals surface area (Å²) in [6, 6.07) is 11.9. The summed E-state index contributed by atoms with van der Waals surface area (Å²) in [7, 11) is 0. The fraction of sp³-hybridized carbons (Fsp3) is 0.400. The minimum absolute atomic E-state index is 0.165. The van der Waals surface area contributed by atoms with Gasteiger partial charge in [0.25, 0.3) is 5.91 Å². The zero-order valence-electron chi connectivity index (χ0n) is 14.4. The summed E-state index contributed by atoms with van der Waals surface area (Å²) in [5.41, 5.74) is 3.58. The molecular formula is C20H24N4O. The number of amides is 1. The van der Waals surface area contributed by atoms with Gasteiger partial charge in [-0.05, 0) is 62.1 Å². The topological polar surface area (TPSA) is 48.5 Å². The number of anilines is 3. The molecule has 3 heterocycles. The fourth-order valence-corrected chi connectivity index (χ4v) is 3.61. The quantitative estimate of drug-likeness (QED) is 0.928. The maximum atomic E-state index is 12.4. The van der Waals surface area contributed by atoms with Crippen LogP contribution in [-0.4, -0.2) is 37.1 Å². The Morgan fingerprint density at radius 1 is 0.800 bits per heavy atom. The van der Waals surface area contributed by atoms with Crippen molar-refractivity contribution >= 4 is 23.0 Å². The predicted octanol–water partition coefficient (Wildman–Crippen LogP) is 3.53. The molecule has 130 valence electrons. The second-order valence-corrected chi connectivity index (χ2v) is 6.79. The van der Waals surface area contributed by atoms with Crippen LogP contribution in [0.1, 0.15) is 36.2 Å². The van der Waals surface area contributed by atoms with Crippen molar-refractivity contribution in [1.29, 1.82) is 0 Å². The lowest BCUT2D eigenvalue weighted by molar-refractivity contribution is 0.102. The SMILES string of the molecule is O=C(Nc1ccc(N2CCCC2)cc1)c1ccc(N2CCCC2)cn1. The minimum Gasteiger partial charge on any atom is -0.372 e. The molecule has 2 aliphatic rings. The Kier molecular flexibility index (Phi) is 4.55. The predicted molar refractivity (Wildman–Crippen MR) is 102 cm³/mol. The first-order chi connectivity index (χ1) is 12.3. The van der Waals surface area contributed by atoms with Crippen molar-refractivity contribution in [1.82, 2.24) is 4.98 Å². The Hall–Kier alpha value is -2.56. The molecule has 0 unspecified atom stereocenters. The van der Waals surface area contributed by atoms with E-state index in [1.807, 2.05) is 24.3 Å². The van der Waals surface area contributed by atoms with Gasteiger partial charge in [-0.15, -0.1) is 0 Å². The van der Waals surface area contributed by atoms with Crippen molar-refractivity contribution in [2.75, 3.05) is 41.3 Å². The van der Waals surface area contributed by atoms with Gasteiger partial charge >= 0.3 is 0 Å². The van der Waals surface area contributed by atoms with E-state index in [1.165, 1.54) is 31.4 Å². The molecule has 0 bridgehead atoms. The van der Waals surface area contributed by atoms with Crippen LogP contribution in [0.3, 0.4) is 0 Å². The average Bonchev–Trinajstić information content (AvgIpc) is 3.36. The van der Waals surface area contributed by atoms with Crippen LogP contribution in [0.4, 0.5) is 17.1 Å². The number of nitrogens with one attached hydrogen (secondary N) is 1. The molecule has 1 aromatic heterocycles. The zero-order chi connectivity index (χ0) is 17.1. The first kappa shape index (κ1) is 15.9. The molecule has 1 aromatic carbocycles. The van der Waals surface area contributed by atoms with E-state index in [1.54, 1.807) is 6.20 Å². The molecule has 0 atom stereocenters. The average molecular weight is 336 g/mol. The third-order valence-electron chi connectivity index (χ3n) is 5.05. The summed E-state index contributed by atoms with van der Waals surface area (Å²) >= 11 is 0. The van der Waals surface area contributed by atoms with Crippen molar-refractivity contribution in [2.24, 2.45) is 0 Å². The van der Waals surface area contributed by atoms with Gasteiger partial charge in [-0.25, -0.2) is 4.98 Å². The van der Waals surface area contributed by atoms with E-state index in [0.29, 0.717) is 5.69 Å². The molecule has 1 amide bonds. The molecule has 5 heteroatoms. The molecule has 0 radical (unpaired) electrons. The van der Waals surface area contributed by atoms with Gasteiger partial charge in [0.1, 0.15) is 5.69 Å². The Bertz CT molecular complexity index is 714. The molecule has 1 N–H and O–H groups in total. The number of benzene rings is 1. The highest BCUT2D eigenvalue weighted by molar-refractivity contribution is 6.03. The summed E-state index contributed by atoms with van der Waals surface area (Å²) in [6.07, 6.45) is 6.79. The van der Waals surface area contributed by atoms with Crippen LogP contribution < -0.4 is 15.1 Å². The lowest BCUT2D eigenvalue weighted by Crippen LogP contribution is -2.19. The van der Waals surface area contributed by atoms with Crippen LogP contribution in [0.5, 0.6) is 0 Å². The van der Waals surface area contributed by atoms with E-state index >= 15 is 0 Å². The van der Waals surface area contributed by atoms with Gasteiger partial charge in [0, 0.05) is 37.6 Å². The van der Waals surface area contributed by atoms with E-state index < -0.39 is 0 Å². The van der Waals surface area contributed by atoms with E-state index in [0.717, 1.165) is 37.6 Å². The maximum Gasteiger partial charge on any atom is 0.274 e. The Morgan fingerprint density at radius 2 is 1.36 bits per heavy atom. The van der Waals surface area contributed by atoms with Gasteiger partial charge in [0.2, 0.25) is 0 Å². The molecule has 2 saturated heterocycles. The summed E-state index contributed by atoms with van der Waals surface area (Å²) in [5.74, 6) is -0.165. The molecule has 0 spiro atoms. The third kappa shape index (κ3) is 3.60. The van der Waals surface area contributed by atoms with Crippen molar-refractivity contribution < 1.29 is 4.79 Å². The van der Waals surface area contributed by atoms with E-state index in [4.69, 9.17) is 0 Å². The van der Waals surface area contributed by atoms with Crippen molar-refractivity contribution in [3.8, 4) is 0 Å². The normalized spacial score (nSPS) is 17.1. The van der Waals surface area contributed by atoms with Gasteiger partial charge in [-0.3, -0.25) is 4.79 Å². The largest absolute Gasteiger partial charge is 0.372 e. The Balaban J connectivity index is 1.39. The van der Waals surface area contributed by atoms with Crippen LogP contribution >= 0.6 is 0 Å². The highest BCUT2D eigenvalue weighted by Gasteiger charge is 2.15. The van der Waals surface area contributed by atoms with E-state index in [-0.39, 0.29) is 5.91 Å². The molecule has 5 nitrogen and oxygen atoms in total. The van der Waals surface area contributed by atoms with Crippen molar-refractivity contribution in [3.05, 3.63) is 48.3 Å². The van der Waals surface area contributed by atoms with Crippen LogP contribution in [0.2, 0.25) is 0 Å². The minimum atomic E-state index is -0.165. The van der Waals surface area contributed by atoms with Gasteiger partial charge in [-0.1, -0.05) is 0 Å². The Morgan fingerprint density at radius 3 is 1.92 bits per heavy atom. The number of carbonyl (C=O) groups is 1. The summed E-state index contributed by atoms with van der Waals surface area (Å²) in [4.78, 5) is 21.4. The van der Waals surface area contributed by atoms with Gasteiger partial charge < -0.3 is 15.1 Å². The van der Waals surface area contributed by atoms with Gasteiger partial charge in [-0.2, -0.15) is 0 Å². The molecule has 4 rings (SSSR count). The van der Waals surface area contributed by atoms with Crippen LogP contribution in [0, 0.1) is 0 Å². The van der Waals surface area contributed by atoms with Crippen LogP contribution in [0.15, 0.2) is 42.6 Å². The summed E-state index contributed by atoms with van der Waals surface area (Å²) in [5, 5.41) is 2.93. The third-order valence-corrected chi connectivity index (χ3v) is 5.05. The fourth-order valence-electron chi connectivity index (χ4n) is 3.61. The van der Waals surface area contributed by atoms with Crippen LogP contribution in [0.25, 0.3) is 0 Å². The van der Waals surface area contributed by atoms with Gasteiger partial charge in [0.05, 0.1) is 11.9 Å². The molecule has 2 fully saturated rings. The number of hydrogen-bond acceptors (Lipinski definition) is 4. The molecule has 2 aliphatic heterocycles. The highest BCUT2D eigenvalue weighted by Crippen LogP contribution is 2.23. The van der Waals surface area contributed by atoms with Crippen LogP contribution in [-0.2, 0) is 0 Å². The smallest absolute Gasteiger partial charge is 0.274 e. The van der Waals surface area contributed by atoms with E-state index in [2.05, 4.69) is 32.2 Å². The number of aromatic nitrogens is 1. The van der Waals surface area contributed by atoms with Gasteiger partial charge in [0.15, 0.2) is 0 Å². The Labute approximate surface area is 148 Å². The first-order valence-electron chi connectivity index (χ1n) is 9.17. The monoisotopic (exact) mass is 336 g/mol. The standard InChI is InChI=1S/C20H24N4O/c25-20(19-10-9-18(15-21-19)24-13-3-4-14-24)22-16-5-7-17(8-6-16)23-11-1-2-12-23/h5-10,15H,1-4,11-14H2,(H,22,25). The molecule has 0 saturated carbocycles. The number of pyridine rings is 1. The number of nitrogens with zero attached hydrogens (tertiary/aromatic N) is 3. The molecule has 25 heavy (non-hydrogen) atoms. The first-order valence-corrected chi connectivity index (χ1v) is 9.17.